The number of carboxylic acid groups (broad SMARTS) is 1. The Kier molecular flexibility index (Phi) is 7.93. The molecule has 0 bridgehead atoms. The van der Waals surface area contributed by atoms with E-state index in [1.54, 1.807) is 0 Å². The Balaban J connectivity index is 0.000000280. The molecular weight excluding hydrogens is 200 g/mol. The van der Waals surface area contributed by atoms with E-state index in [0.29, 0.717) is 0 Å². The van der Waals surface area contributed by atoms with Crippen molar-refractivity contribution in [3.63, 3.8) is 0 Å². The molecule has 0 aromatic heterocycles. The number of aliphatic carboxylic acids is 1. The summed E-state index contributed by atoms with van der Waals surface area (Å²) >= 11 is 1.96. The molecule has 4 N–H and O–H groups in total. The molecule has 1 aliphatic heterocycles. The first-order valence-electron chi connectivity index (χ1n) is 4.86. The monoisotopic (exact) mass is 220 g/mol. The molecule has 0 aromatic rings. The quantitative estimate of drug-likeness (QED) is 0.653. The molecule has 1 heterocycles. The second-order valence-electron chi connectivity index (χ2n) is 3.30. The van der Waals surface area contributed by atoms with Crippen LogP contribution in [0.3, 0.4) is 0 Å². The molecular formula is C9H20N2O2S. The second-order valence-corrected chi connectivity index (χ2v) is 4.41. The van der Waals surface area contributed by atoms with E-state index >= 15 is 0 Å². The first-order valence-corrected chi connectivity index (χ1v) is 6.01. The van der Waals surface area contributed by atoms with Crippen LogP contribution in [0.1, 0.15) is 20.3 Å². The third-order valence-electron chi connectivity index (χ3n) is 2.17. The second kappa shape index (κ2) is 8.08. The summed E-state index contributed by atoms with van der Waals surface area (Å²) < 4.78 is 0. The molecule has 1 aliphatic rings. The fourth-order valence-corrected chi connectivity index (χ4v) is 1.58. The highest BCUT2D eigenvalue weighted by molar-refractivity contribution is 7.99. The summed E-state index contributed by atoms with van der Waals surface area (Å²) in [5.74, 6) is 1.63. The minimum Gasteiger partial charge on any atom is -0.480 e. The van der Waals surface area contributed by atoms with Crippen molar-refractivity contribution in [2.24, 2.45) is 11.7 Å². The highest BCUT2D eigenvalue weighted by Gasteiger charge is 2.17. The van der Waals surface area contributed by atoms with Crippen LogP contribution in [0.15, 0.2) is 0 Å². The molecule has 0 radical (unpaired) electrons. The van der Waals surface area contributed by atoms with Gasteiger partial charge in [-0.05, 0) is 5.92 Å². The molecule has 0 aromatic carbocycles. The van der Waals surface area contributed by atoms with Crippen LogP contribution in [0.4, 0.5) is 0 Å². The van der Waals surface area contributed by atoms with E-state index in [1.807, 2.05) is 25.6 Å². The number of rotatable bonds is 3. The van der Waals surface area contributed by atoms with Crippen molar-refractivity contribution in [1.82, 2.24) is 5.32 Å². The van der Waals surface area contributed by atoms with Crippen molar-refractivity contribution in [3.8, 4) is 0 Å². The zero-order valence-electron chi connectivity index (χ0n) is 8.82. The van der Waals surface area contributed by atoms with Crippen molar-refractivity contribution in [1.29, 1.82) is 0 Å². The fraction of sp³-hybridized carbons (Fsp3) is 0.889. The minimum atomic E-state index is -0.913. The van der Waals surface area contributed by atoms with E-state index in [0.717, 1.165) is 6.42 Å². The van der Waals surface area contributed by atoms with Crippen LogP contribution >= 0.6 is 11.8 Å². The van der Waals surface area contributed by atoms with Gasteiger partial charge in [0.1, 0.15) is 6.04 Å². The van der Waals surface area contributed by atoms with Gasteiger partial charge in [-0.1, -0.05) is 20.3 Å². The summed E-state index contributed by atoms with van der Waals surface area (Å²) in [6.07, 6.45) is 0.813. The molecule has 0 spiro atoms. The lowest BCUT2D eigenvalue weighted by Crippen LogP contribution is -2.36. The fourth-order valence-electron chi connectivity index (χ4n) is 0.858. The van der Waals surface area contributed by atoms with Crippen molar-refractivity contribution < 1.29 is 9.90 Å². The van der Waals surface area contributed by atoms with Crippen molar-refractivity contribution in [2.45, 2.75) is 26.3 Å². The molecule has 5 heteroatoms. The molecule has 1 saturated heterocycles. The van der Waals surface area contributed by atoms with Gasteiger partial charge in [0.05, 0.1) is 0 Å². The molecule has 14 heavy (non-hydrogen) atoms. The predicted molar refractivity (Wildman–Crippen MR) is 60.4 cm³/mol. The van der Waals surface area contributed by atoms with Crippen molar-refractivity contribution in [2.75, 3.05) is 18.2 Å². The maximum Gasteiger partial charge on any atom is 0.320 e. The van der Waals surface area contributed by atoms with E-state index in [2.05, 4.69) is 5.32 Å². The lowest BCUT2D eigenvalue weighted by Gasteiger charge is -2.11. The maximum atomic E-state index is 10.2. The summed E-state index contributed by atoms with van der Waals surface area (Å²) in [6.45, 7) is 4.97. The zero-order chi connectivity index (χ0) is 11.0. The normalized spacial score (nSPS) is 19.4. The maximum absolute atomic E-state index is 10.2. The molecule has 1 rings (SSSR count). The third kappa shape index (κ3) is 6.23. The van der Waals surface area contributed by atoms with Crippen LogP contribution in [0.5, 0.6) is 0 Å². The number of carboxylic acids is 1. The first-order chi connectivity index (χ1) is 6.59. The SMILES string of the molecule is C1CSCN1.CC[C@@H](C)[C@H](N)C(=O)O. The van der Waals surface area contributed by atoms with E-state index in [-0.39, 0.29) is 5.92 Å². The van der Waals surface area contributed by atoms with Gasteiger partial charge in [-0.15, -0.1) is 11.8 Å². The standard InChI is InChI=1S/C6H13NO2.C3H7NS/c1-3-4(2)5(7)6(8)9;1-2-5-3-4-1/h4-5H,3,7H2,1-2H3,(H,8,9);4H,1-3H2/t4-,5+;/m1./s1. The smallest absolute Gasteiger partial charge is 0.320 e. The van der Waals surface area contributed by atoms with Gasteiger partial charge in [0.25, 0.3) is 0 Å². The van der Waals surface area contributed by atoms with Gasteiger partial charge in [-0.3, -0.25) is 4.79 Å². The molecule has 0 unspecified atom stereocenters. The molecule has 4 nitrogen and oxygen atoms in total. The minimum absolute atomic E-state index is 0.0718. The van der Waals surface area contributed by atoms with Crippen LogP contribution in [0.2, 0.25) is 0 Å². The van der Waals surface area contributed by atoms with Crippen LogP contribution in [-0.2, 0) is 4.79 Å². The van der Waals surface area contributed by atoms with E-state index < -0.39 is 12.0 Å². The van der Waals surface area contributed by atoms with Gasteiger partial charge in [-0.25, -0.2) is 0 Å². The van der Waals surface area contributed by atoms with Crippen LogP contribution in [0, 0.1) is 5.92 Å². The van der Waals surface area contributed by atoms with Gasteiger partial charge in [0.2, 0.25) is 0 Å². The average molecular weight is 220 g/mol. The van der Waals surface area contributed by atoms with E-state index in [1.165, 1.54) is 18.2 Å². The number of thioether (sulfide) groups is 1. The number of carbonyl (C=O) groups is 1. The Bertz CT molecular complexity index is 155. The summed E-state index contributed by atoms with van der Waals surface area (Å²) in [7, 11) is 0. The van der Waals surface area contributed by atoms with Crippen LogP contribution in [-0.4, -0.2) is 35.3 Å². The molecule has 1 fully saturated rings. The van der Waals surface area contributed by atoms with Gasteiger partial charge in [0, 0.05) is 18.2 Å². The highest BCUT2D eigenvalue weighted by Crippen LogP contribution is 2.04. The summed E-state index contributed by atoms with van der Waals surface area (Å²) in [5.41, 5.74) is 5.27. The summed E-state index contributed by atoms with van der Waals surface area (Å²) in [6, 6.07) is -0.699. The lowest BCUT2D eigenvalue weighted by atomic mass is 10.0. The van der Waals surface area contributed by atoms with Crippen molar-refractivity contribution in [3.05, 3.63) is 0 Å². The number of nitrogens with one attached hydrogen (secondary N) is 1. The van der Waals surface area contributed by atoms with Gasteiger partial charge >= 0.3 is 5.97 Å². The topological polar surface area (TPSA) is 75.3 Å². The molecule has 84 valence electrons. The lowest BCUT2D eigenvalue weighted by molar-refractivity contribution is -0.139. The number of hydrogen-bond donors (Lipinski definition) is 3. The van der Waals surface area contributed by atoms with E-state index in [4.69, 9.17) is 10.8 Å². The first kappa shape index (κ1) is 13.7. The van der Waals surface area contributed by atoms with Crippen LogP contribution < -0.4 is 11.1 Å². The van der Waals surface area contributed by atoms with Gasteiger partial charge in [0.15, 0.2) is 0 Å². The Hall–Kier alpha value is -0.260. The largest absolute Gasteiger partial charge is 0.480 e. The van der Waals surface area contributed by atoms with E-state index in [9.17, 15) is 4.79 Å². The molecule has 0 aliphatic carbocycles. The number of hydrogen-bond acceptors (Lipinski definition) is 4. The average Bonchev–Trinajstić information content (AvgIpc) is 2.73. The van der Waals surface area contributed by atoms with Crippen molar-refractivity contribution >= 4 is 17.7 Å². The highest BCUT2D eigenvalue weighted by atomic mass is 32.2. The predicted octanol–water partition coefficient (Wildman–Crippen LogP) is 0.725. The summed E-state index contributed by atoms with van der Waals surface area (Å²) in [5, 5.41) is 11.5. The molecule has 0 saturated carbocycles. The third-order valence-corrected chi connectivity index (χ3v) is 3.07. The Morgan fingerprint density at radius 3 is 2.50 bits per heavy atom. The van der Waals surface area contributed by atoms with Gasteiger partial charge < -0.3 is 16.2 Å². The molecule has 0 amide bonds. The van der Waals surface area contributed by atoms with Crippen LogP contribution in [0.25, 0.3) is 0 Å². The Labute approximate surface area is 89.6 Å². The summed E-state index contributed by atoms with van der Waals surface area (Å²) in [4.78, 5) is 10.2. The zero-order valence-corrected chi connectivity index (χ0v) is 9.64. The number of nitrogens with two attached hydrogens (primary N) is 1. The molecule has 2 atom stereocenters. The Morgan fingerprint density at radius 1 is 1.71 bits per heavy atom. The Morgan fingerprint density at radius 2 is 2.36 bits per heavy atom. The van der Waals surface area contributed by atoms with Gasteiger partial charge in [-0.2, -0.15) is 0 Å².